The number of aryl methyl sites for hydroxylation is 1. The van der Waals surface area contributed by atoms with Gasteiger partial charge in [-0.25, -0.2) is 4.79 Å². The van der Waals surface area contributed by atoms with Crippen LogP contribution in [0.3, 0.4) is 0 Å². The second-order valence-corrected chi connectivity index (χ2v) is 9.71. The standard InChI is InChI=1S/C27H30N2O2S2/c1-2-31-26(30)23-21-17-11-3-4-12-18-22(21)33-25(23)29-27(32)28-24(19-13-7-5-8-14-19)20-15-9-6-10-16-20/h5-10,13-16,24H,2-4,11-12,17-18H2,1H3,(H2,28,29,32). The molecular formula is C27H30N2O2S2. The Hall–Kier alpha value is -2.70. The summed E-state index contributed by atoms with van der Waals surface area (Å²) in [6, 6.07) is 20.4. The van der Waals surface area contributed by atoms with Crippen molar-refractivity contribution >= 4 is 39.6 Å². The number of nitrogens with one attached hydrogen (secondary N) is 2. The van der Waals surface area contributed by atoms with Crippen molar-refractivity contribution in [2.75, 3.05) is 11.9 Å². The molecule has 6 heteroatoms. The Labute approximate surface area is 205 Å². The molecule has 0 amide bonds. The summed E-state index contributed by atoms with van der Waals surface area (Å²) in [5, 5.41) is 8.11. The van der Waals surface area contributed by atoms with Crippen LogP contribution in [0.5, 0.6) is 0 Å². The van der Waals surface area contributed by atoms with E-state index < -0.39 is 0 Å². The zero-order valence-electron chi connectivity index (χ0n) is 18.9. The molecule has 2 aromatic carbocycles. The van der Waals surface area contributed by atoms with E-state index in [-0.39, 0.29) is 12.0 Å². The lowest BCUT2D eigenvalue weighted by Gasteiger charge is -2.22. The van der Waals surface area contributed by atoms with Gasteiger partial charge in [0.15, 0.2) is 5.11 Å². The highest BCUT2D eigenvalue weighted by atomic mass is 32.1. The second kappa shape index (κ2) is 11.4. The van der Waals surface area contributed by atoms with Gasteiger partial charge in [0, 0.05) is 4.88 Å². The van der Waals surface area contributed by atoms with Crippen LogP contribution >= 0.6 is 23.6 Å². The molecule has 0 bridgehead atoms. The van der Waals surface area contributed by atoms with E-state index in [1.54, 1.807) is 11.3 Å². The van der Waals surface area contributed by atoms with Crippen molar-refractivity contribution in [2.45, 2.75) is 51.5 Å². The lowest BCUT2D eigenvalue weighted by molar-refractivity contribution is 0.0526. The largest absolute Gasteiger partial charge is 0.462 e. The van der Waals surface area contributed by atoms with E-state index in [1.807, 2.05) is 43.3 Å². The Balaban J connectivity index is 1.61. The highest BCUT2D eigenvalue weighted by molar-refractivity contribution is 7.80. The minimum atomic E-state index is -0.261. The molecule has 1 aliphatic carbocycles. The molecule has 3 aromatic rings. The molecule has 0 saturated carbocycles. The van der Waals surface area contributed by atoms with E-state index in [0.29, 0.717) is 17.3 Å². The second-order valence-electron chi connectivity index (χ2n) is 8.20. The number of carbonyl (C=O) groups excluding carboxylic acids is 1. The summed E-state index contributed by atoms with van der Waals surface area (Å²) in [7, 11) is 0. The van der Waals surface area contributed by atoms with Crippen molar-refractivity contribution in [1.29, 1.82) is 0 Å². The number of benzene rings is 2. The quantitative estimate of drug-likeness (QED) is 0.306. The van der Waals surface area contributed by atoms with Crippen molar-refractivity contribution in [3.8, 4) is 0 Å². The van der Waals surface area contributed by atoms with Crippen LogP contribution in [0.25, 0.3) is 0 Å². The molecule has 4 nitrogen and oxygen atoms in total. The van der Waals surface area contributed by atoms with Crippen molar-refractivity contribution in [3.63, 3.8) is 0 Å². The maximum absolute atomic E-state index is 12.9. The lowest BCUT2D eigenvalue weighted by atomic mass is 9.96. The molecule has 4 rings (SSSR count). The van der Waals surface area contributed by atoms with E-state index in [2.05, 4.69) is 34.9 Å². The number of esters is 1. The van der Waals surface area contributed by atoms with Crippen LogP contribution in [-0.4, -0.2) is 17.7 Å². The van der Waals surface area contributed by atoms with Gasteiger partial charge >= 0.3 is 5.97 Å². The van der Waals surface area contributed by atoms with E-state index in [4.69, 9.17) is 17.0 Å². The van der Waals surface area contributed by atoms with Gasteiger partial charge in [0.1, 0.15) is 5.00 Å². The van der Waals surface area contributed by atoms with E-state index in [0.717, 1.165) is 47.4 Å². The monoisotopic (exact) mass is 478 g/mol. The highest BCUT2D eigenvalue weighted by Crippen LogP contribution is 2.37. The van der Waals surface area contributed by atoms with Crippen molar-refractivity contribution < 1.29 is 9.53 Å². The molecule has 0 radical (unpaired) electrons. The van der Waals surface area contributed by atoms with Crippen LogP contribution in [0.15, 0.2) is 60.7 Å². The molecule has 2 N–H and O–H groups in total. The van der Waals surface area contributed by atoms with Gasteiger partial charge in [0.05, 0.1) is 18.2 Å². The zero-order valence-corrected chi connectivity index (χ0v) is 20.6. The Morgan fingerprint density at radius 2 is 1.58 bits per heavy atom. The van der Waals surface area contributed by atoms with Crippen molar-refractivity contribution in [1.82, 2.24) is 5.32 Å². The van der Waals surface area contributed by atoms with Crippen molar-refractivity contribution in [3.05, 3.63) is 87.8 Å². The van der Waals surface area contributed by atoms with E-state index in [1.165, 1.54) is 17.7 Å². The molecule has 0 unspecified atom stereocenters. The molecule has 172 valence electrons. The van der Waals surface area contributed by atoms with Crippen LogP contribution < -0.4 is 10.6 Å². The normalized spacial score (nSPS) is 13.5. The number of carbonyl (C=O) groups is 1. The van der Waals surface area contributed by atoms with Gasteiger partial charge in [-0.15, -0.1) is 11.3 Å². The molecule has 1 heterocycles. The maximum Gasteiger partial charge on any atom is 0.341 e. The molecule has 33 heavy (non-hydrogen) atoms. The summed E-state index contributed by atoms with van der Waals surface area (Å²) in [4.78, 5) is 14.2. The third-order valence-corrected chi connectivity index (χ3v) is 7.35. The number of ether oxygens (including phenoxy) is 1. The smallest absolute Gasteiger partial charge is 0.341 e. The SMILES string of the molecule is CCOC(=O)c1c(NC(=S)NC(c2ccccc2)c2ccccc2)sc2c1CCCCCC2. The van der Waals surface area contributed by atoms with Crippen LogP contribution in [-0.2, 0) is 17.6 Å². The van der Waals surface area contributed by atoms with Gasteiger partial charge in [-0.1, -0.05) is 73.5 Å². The predicted octanol–water partition coefficient (Wildman–Crippen LogP) is 6.66. The first-order valence-corrected chi connectivity index (χ1v) is 12.9. The van der Waals surface area contributed by atoms with Gasteiger partial charge in [-0.05, 0) is 61.5 Å². The molecule has 0 fully saturated rings. The van der Waals surface area contributed by atoms with Crippen molar-refractivity contribution in [2.24, 2.45) is 0 Å². The molecule has 0 atom stereocenters. The van der Waals surface area contributed by atoms with Gasteiger partial charge in [0.2, 0.25) is 0 Å². The van der Waals surface area contributed by atoms with Crippen LogP contribution in [0.2, 0.25) is 0 Å². The molecule has 0 spiro atoms. The molecule has 0 aliphatic heterocycles. The van der Waals surface area contributed by atoms with Crippen LogP contribution in [0.4, 0.5) is 5.00 Å². The third-order valence-electron chi connectivity index (χ3n) is 5.92. The van der Waals surface area contributed by atoms with Gasteiger partial charge in [0.25, 0.3) is 0 Å². The summed E-state index contributed by atoms with van der Waals surface area (Å²) in [6.45, 7) is 2.20. The minimum absolute atomic E-state index is 0.0977. The summed E-state index contributed by atoms with van der Waals surface area (Å²) >= 11 is 7.40. The first-order valence-electron chi connectivity index (χ1n) is 11.7. The molecule has 1 aliphatic rings. The molecule has 0 saturated heterocycles. The number of hydrogen-bond donors (Lipinski definition) is 2. The lowest BCUT2D eigenvalue weighted by Crippen LogP contribution is -2.33. The Morgan fingerprint density at radius 1 is 0.970 bits per heavy atom. The van der Waals surface area contributed by atoms with E-state index >= 15 is 0 Å². The summed E-state index contributed by atoms with van der Waals surface area (Å²) in [5.41, 5.74) is 4.05. The number of anilines is 1. The number of fused-ring (bicyclic) bond motifs is 1. The summed E-state index contributed by atoms with van der Waals surface area (Å²) in [5.74, 6) is -0.261. The first-order chi connectivity index (χ1) is 16.2. The third kappa shape index (κ3) is 5.81. The summed E-state index contributed by atoms with van der Waals surface area (Å²) in [6.07, 6.45) is 6.62. The molecule has 1 aromatic heterocycles. The predicted molar refractivity (Wildman–Crippen MR) is 140 cm³/mol. The zero-order chi connectivity index (χ0) is 23.0. The van der Waals surface area contributed by atoms with Gasteiger partial charge < -0.3 is 15.4 Å². The van der Waals surface area contributed by atoms with Crippen LogP contribution in [0, 0.1) is 0 Å². The number of thiocarbonyl (C=S) groups is 1. The van der Waals surface area contributed by atoms with Gasteiger partial charge in [-0.2, -0.15) is 0 Å². The number of hydrogen-bond acceptors (Lipinski definition) is 4. The van der Waals surface area contributed by atoms with Gasteiger partial charge in [-0.3, -0.25) is 0 Å². The summed E-state index contributed by atoms with van der Waals surface area (Å²) < 4.78 is 5.43. The van der Waals surface area contributed by atoms with Crippen LogP contribution in [0.1, 0.15) is 70.6 Å². The average molecular weight is 479 g/mol. The number of thiophene rings is 1. The highest BCUT2D eigenvalue weighted by Gasteiger charge is 2.26. The van der Waals surface area contributed by atoms with E-state index in [9.17, 15) is 4.79 Å². The Kier molecular flexibility index (Phi) is 8.13. The number of rotatable bonds is 6. The Bertz CT molecular complexity index is 1040. The fraction of sp³-hybridized carbons (Fsp3) is 0.333. The fourth-order valence-corrected chi connectivity index (χ4v) is 5.91. The molecular weight excluding hydrogens is 448 g/mol. The average Bonchev–Trinajstić information content (AvgIpc) is 3.14. The Morgan fingerprint density at radius 3 is 2.18 bits per heavy atom. The fourth-order valence-electron chi connectivity index (χ4n) is 4.35. The maximum atomic E-state index is 12.9. The minimum Gasteiger partial charge on any atom is -0.462 e. The first kappa shape index (κ1) is 23.5. The topological polar surface area (TPSA) is 50.4 Å².